The second kappa shape index (κ2) is 11.4. The molecule has 8 aromatic carbocycles. The van der Waals surface area contributed by atoms with Crippen LogP contribution in [0.25, 0.3) is 103 Å². The smallest absolute Gasteiger partial charge is 0.101 e. The summed E-state index contributed by atoms with van der Waals surface area (Å²) in [5, 5.41) is 31.2. The van der Waals surface area contributed by atoms with Crippen molar-refractivity contribution in [2.45, 2.75) is 0 Å². The minimum Gasteiger partial charge on any atom is -0.308 e. The molecule has 4 heterocycles. The van der Waals surface area contributed by atoms with Gasteiger partial charge in [0.15, 0.2) is 0 Å². The molecule has 0 fully saturated rings. The number of hydrogen-bond acceptors (Lipinski definition) is 3. The van der Waals surface area contributed by atoms with Crippen LogP contribution < -0.4 is 0 Å². The number of benzene rings is 8. The molecule has 0 aliphatic heterocycles. The van der Waals surface area contributed by atoms with Gasteiger partial charge in [0.25, 0.3) is 0 Å². The molecule has 0 bridgehead atoms. The Bertz CT molecular complexity index is 3730. The molecule has 56 heavy (non-hydrogen) atoms. The number of fused-ring (bicyclic) bond motifs is 13. The van der Waals surface area contributed by atoms with Crippen LogP contribution in [0.15, 0.2) is 164 Å². The first-order valence-electron chi connectivity index (χ1n) is 18.6. The molecule has 0 amide bonds. The van der Waals surface area contributed by atoms with Crippen molar-refractivity contribution in [3.63, 3.8) is 0 Å². The summed E-state index contributed by atoms with van der Waals surface area (Å²) >= 11 is 1.78. The van der Waals surface area contributed by atoms with E-state index in [0.717, 1.165) is 71.1 Å². The monoisotopic (exact) mass is 729 g/mol. The van der Waals surface area contributed by atoms with Gasteiger partial charge in [0.1, 0.15) is 12.1 Å². The molecule has 6 heteroatoms. The second-order valence-corrected chi connectivity index (χ2v) is 15.4. The molecule has 0 atom stereocenters. The summed E-state index contributed by atoms with van der Waals surface area (Å²) in [6, 6.07) is 62.2. The fourth-order valence-corrected chi connectivity index (χ4v) is 10.3. The van der Waals surface area contributed by atoms with E-state index < -0.39 is 0 Å². The van der Waals surface area contributed by atoms with Crippen molar-refractivity contribution in [2.24, 2.45) is 0 Å². The van der Waals surface area contributed by atoms with Gasteiger partial charge in [-0.3, -0.25) is 0 Å². The predicted molar refractivity (Wildman–Crippen MR) is 232 cm³/mol. The number of para-hydroxylation sites is 4. The molecule has 0 saturated carbocycles. The highest BCUT2D eigenvalue weighted by Crippen LogP contribution is 2.44. The van der Waals surface area contributed by atoms with Crippen molar-refractivity contribution in [1.82, 2.24) is 13.7 Å². The zero-order valence-corrected chi connectivity index (χ0v) is 30.5. The summed E-state index contributed by atoms with van der Waals surface area (Å²) in [7, 11) is 0. The SMILES string of the molecule is N#Cc1cc(-n2c3ccccc3c3ccc4c5ccccc5n(-c5ccccc5)c4c32)c(C#N)cc1-n1c2ccccc2c2cc3c(cc21)sc1ccccc13. The average molecular weight is 730 g/mol. The quantitative estimate of drug-likeness (QED) is 0.182. The molecule has 0 aliphatic carbocycles. The van der Waals surface area contributed by atoms with Gasteiger partial charge in [-0.15, -0.1) is 11.3 Å². The van der Waals surface area contributed by atoms with Gasteiger partial charge >= 0.3 is 0 Å². The molecular weight excluding hydrogens is 703 g/mol. The lowest BCUT2D eigenvalue weighted by Gasteiger charge is -2.16. The van der Waals surface area contributed by atoms with E-state index in [1.165, 1.54) is 20.2 Å². The minimum atomic E-state index is 0.481. The van der Waals surface area contributed by atoms with Gasteiger partial charge in [0, 0.05) is 58.2 Å². The van der Waals surface area contributed by atoms with E-state index in [1.807, 2.05) is 30.3 Å². The van der Waals surface area contributed by atoms with Crippen LogP contribution in [-0.2, 0) is 0 Å². The third-order valence-corrected chi connectivity index (χ3v) is 12.6. The first-order valence-corrected chi connectivity index (χ1v) is 19.4. The van der Waals surface area contributed by atoms with E-state index in [4.69, 9.17) is 0 Å². The van der Waals surface area contributed by atoms with Crippen molar-refractivity contribution >= 4 is 96.9 Å². The van der Waals surface area contributed by atoms with Crippen molar-refractivity contribution in [2.75, 3.05) is 0 Å². The maximum absolute atomic E-state index is 11.1. The molecule has 0 aliphatic rings. The second-order valence-electron chi connectivity index (χ2n) is 14.3. The van der Waals surface area contributed by atoms with Crippen LogP contribution >= 0.6 is 11.3 Å². The van der Waals surface area contributed by atoms with Crippen LogP contribution in [-0.4, -0.2) is 13.7 Å². The van der Waals surface area contributed by atoms with Crippen LogP contribution in [0.1, 0.15) is 11.1 Å². The van der Waals surface area contributed by atoms with E-state index in [2.05, 4.69) is 159 Å². The lowest BCUT2D eigenvalue weighted by Crippen LogP contribution is -2.05. The Morgan fingerprint density at radius 3 is 1.50 bits per heavy atom. The van der Waals surface area contributed by atoms with Gasteiger partial charge in [0.05, 0.1) is 55.6 Å². The van der Waals surface area contributed by atoms with Crippen molar-refractivity contribution in [3.8, 4) is 29.2 Å². The normalized spacial score (nSPS) is 11.9. The molecule has 12 rings (SSSR count). The van der Waals surface area contributed by atoms with E-state index in [9.17, 15) is 10.5 Å². The van der Waals surface area contributed by atoms with E-state index >= 15 is 0 Å². The molecular formula is C50H27N5S. The maximum Gasteiger partial charge on any atom is 0.101 e. The highest BCUT2D eigenvalue weighted by molar-refractivity contribution is 7.25. The summed E-state index contributed by atoms with van der Waals surface area (Å²) in [5.74, 6) is 0. The number of nitriles is 2. The summed E-state index contributed by atoms with van der Waals surface area (Å²) in [5.41, 5.74) is 9.47. The zero-order chi connectivity index (χ0) is 37.1. The highest BCUT2D eigenvalue weighted by Gasteiger charge is 2.25. The lowest BCUT2D eigenvalue weighted by molar-refractivity contribution is 1.12. The van der Waals surface area contributed by atoms with E-state index in [1.54, 1.807) is 11.3 Å². The Balaban J connectivity index is 1.21. The molecule has 0 N–H and O–H groups in total. The molecule has 0 radical (unpaired) electrons. The molecule has 5 nitrogen and oxygen atoms in total. The Morgan fingerprint density at radius 1 is 0.357 bits per heavy atom. The Kier molecular flexibility index (Phi) is 6.28. The number of hydrogen-bond donors (Lipinski definition) is 0. The third kappa shape index (κ3) is 4.06. The van der Waals surface area contributed by atoms with E-state index in [0.29, 0.717) is 22.5 Å². The fraction of sp³-hybridized carbons (Fsp3) is 0. The molecule has 12 aromatic rings. The van der Waals surface area contributed by atoms with Gasteiger partial charge in [-0.1, -0.05) is 103 Å². The number of nitrogens with zero attached hydrogens (tertiary/aromatic N) is 5. The summed E-state index contributed by atoms with van der Waals surface area (Å²) in [6.45, 7) is 0. The van der Waals surface area contributed by atoms with Gasteiger partial charge < -0.3 is 13.7 Å². The van der Waals surface area contributed by atoms with E-state index in [-0.39, 0.29) is 0 Å². The summed E-state index contributed by atoms with van der Waals surface area (Å²) in [6.07, 6.45) is 0. The Labute approximate surface area is 323 Å². The summed E-state index contributed by atoms with van der Waals surface area (Å²) in [4.78, 5) is 0. The standard InChI is InChI=1S/C50H27N5S/c51-28-30-25-45(31(29-52)24-44(30)54-42-19-9-6-16-35(42)39-26-40-36-17-7-11-21-47(36)56-48(40)27-46(39)54)55-43-20-10-5-15-34(43)38-23-22-37-33-14-4-8-18-41(33)53(49(37)50(38)55)32-12-2-1-3-13-32/h1-27H. The fourth-order valence-electron chi connectivity index (χ4n) is 9.17. The lowest BCUT2D eigenvalue weighted by atomic mass is 10.1. The van der Waals surface area contributed by atoms with Crippen LogP contribution in [0.3, 0.4) is 0 Å². The molecule has 0 spiro atoms. The van der Waals surface area contributed by atoms with Gasteiger partial charge in [-0.25, -0.2) is 0 Å². The van der Waals surface area contributed by atoms with Gasteiger partial charge in [-0.2, -0.15) is 10.5 Å². The Morgan fingerprint density at radius 2 is 0.857 bits per heavy atom. The topological polar surface area (TPSA) is 62.4 Å². The highest BCUT2D eigenvalue weighted by atomic mass is 32.1. The predicted octanol–water partition coefficient (Wildman–Crippen LogP) is 13.1. The van der Waals surface area contributed by atoms with Crippen LogP contribution in [0, 0.1) is 22.7 Å². The first-order chi connectivity index (χ1) is 27.7. The minimum absolute atomic E-state index is 0.481. The zero-order valence-electron chi connectivity index (χ0n) is 29.7. The van der Waals surface area contributed by atoms with Crippen LogP contribution in [0.4, 0.5) is 0 Å². The molecule has 258 valence electrons. The first kappa shape index (κ1) is 30.8. The van der Waals surface area contributed by atoms with Gasteiger partial charge in [-0.05, 0) is 60.7 Å². The summed E-state index contributed by atoms with van der Waals surface area (Å²) < 4.78 is 9.14. The number of aromatic nitrogens is 3. The van der Waals surface area contributed by atoms with Crippen LogP contribution in [0.2, 0.25) is 0 Å². The largest absolute Gasteiger partial charge is 0.308 e. The van der Waals surface area contributed by atoms with Gasteiger partial charge in [0.2, 0.25) is 0 Å². The van der Waals surface area contributed by atoms with Crippen LogP contribution in [0.5, 0.6) is 0 Å². The third-order valence-electron chi connectivity index (χ3n) is 11.5. The average Bonchev–Trinajstić information content (AvgIpc) is 3.99. The molecule has 0 unspecified atom stereocenters. The number of rotatable bonds is 3. The number of thiophene rings is 1. The van der Waals surface area contributed by atoms with Crippen molar-refractivity contribution in [3.05, 3.63) is 175 Å². The molecule has 0 saturated heterocycles. The Hall–Kier alpha value is -7.64. The van der Waals surface area contributed by atoms with Crippen molar-refractivity contribution < 1.29 is 0 Å². The van der Waals surface area contributed by atoms with Crippen molar-refractivity contribution in [1.29, 1.82) is 10.5 Å². The maximum atomic E-state index is 11.1. The molecule has 4 aromatic heterocycles.